The Kier molecular flexibility index (Phi) is 13.4. The number of alkyl carbamates (subject to hydrolysis) is 2. The van der Waals surface area contributed by atoms with Crippen molar-refractivity contribution in [2.45, 2.75) is 171 Å². The van der Waals surface area contributed by atoms with Crippen molar-refractivity contribution < 1.29 is 28.7 Å². The molecule has 2 N–H and O–H groups in total. The van der Waals surface area contributed by atoms with Gasteiger partial charge >= 0.3 is 12.2 Å². The minimum Gasteiger partial charge on any atom is -0.453 e. The molecule has 3 saturated carbocycles. The zero-order valence-corrected chi connectivity index (χ0v) is 39.8. The molecular formula is C55H70N6O6. The SMILES string of the molecule is COC(=O)N[C@H](C(=O)N1CCC[C@@H]1C1=NC=C(c2ccc(-c3ccc(C4=CN=C([C@@H]5CCCN5C(=O)[C@@H](NC(=O)OC)C5CCCCC5)C4)c4c3C3(CCCC3)CC4)cc2)C1)C1CCCCC1. The second-order valence-corrected chi connectivity index (χ2v) is 20.9. The van der Waals surface area contributed by atoms with Gasteiger partial charge in [-0.05, 0) is 139 Å². The largest absolute Gasteiger partial charge is 0.453 e. The fourth-order valence-corrected chi connectivity index (χ4v) is 13.8. The highest BCUT2D eigenvalue weighted by molar-refractivity contribution is 6.05. The van der Waals surface area contributed by atoms with E-state index in [2.05, 4.69) is 53.2 Å². The van der Waals surface area contributed by atoms with Gasteiger partial charge in [0, 0.05) is 49.8 Å². The maximum Gasteiger partial charge on any atom is 0.407 e. The van der Waals surface area contributed by atoms with E-state index < -0.39 is 24.3 Å². The third-order valence-electron chi connectivity index (χ3n) is 17.2. The molecule has 0 bridgehead atoms. The molecule has 0 aromatic heterocycles. The molecule has 4 aliphatic carbocycles. The maximum atomic E-state index is 14.3. The van der Waals surface area contributed by atoms with Crippen LogP contribution in [0.25, 0.3) is 22.3 Å². The summed E-state index contributed by atoms with van der Waals surface area (Å²) in [6.07, 6.45) is 25.7. The second kappa shape index (κ2) is 19.8. The van der Waals surface area contributed by atoms with Gasteiger partial charge in [0.05, 0.1) is 26.3 Å². The first-order valence-corrected chi connectivity index (χ1v) is 25.8. The van der Waals surface area contributed by atoms with Crippen LogP contribution in [0.5, 0.6) is 0 Å². The van der Waals surface area contributed by atoms with Crippen molar-refractivity contribution in [2.75, 3.05) is 27.3 Å². The third-order valence-corrected chi connectivity index (χ3v) is 17.2. The molecule has 10 rings (SSSR count). The van der Waals surface area contributed by atoms with Gasteiger partial charge < -0.3 is 29.9 Å². The molecule has 5 fully saturated rings. The third kappa shape index (κ3) is 8.98. The molecule has 4 aliphatic heterocycles. The number of carbonyl (C=O) groups is 4. The van der Waals surface area contributed by atoms with Gasteiger partial charge in [-0.3, -0.25) is 19.6 Å². The van der Waals surface area contributed by atoms with Crippen LogP contribution in [0.1, 0.15) is 157 Å². The van der Waals surface area contributed by atoms with E-state index in [-0.39, 0.29) is 41.1 Å². The van der Waals surface area contributed by atoms with E-state index in [0.717, 1.165) is 107 Å². The molecule has 2 saturated heterocycles. The molecule has 0 radical (unpaired) electrons. The molecule has 0 unspecified atom stereocenters. The van der Waals surface area contributed by atoms with Crippen LogP contribution in [0, 0.1) is 11.8 Å². The predicted octanol–water partition coefficient (Wildman–Crippen LogP) is 10.1. The Morgan fingerprint density at radius 1 is 0.582 bits per heavy atom. The summed E-state index contributed by atoms with van der Waals surface area (Å²) < 4.78 is 9.95. The first-order valence-electron chi connectivity index (χ1n) is 25.8. The highest BCUT2D eigenvalue weighted by atomic mass is 16.5. The smallest absolute Gasteiger partial charge is 0.407 e. The number of fused-ring (bicyclic) bond motifs is 2. The van der Waals surface area contributed by atoms with E-state index in [1.807, 2.05) is 16.0 Å². The fourth-order valence-electron chi connectivity index (χ4n) is 13.8. The maximum absolute atomic E-state index is 14.3. The lowest BCUT2D eigenvalue weighted by Crippen LogP contribution is -2.54. The van der Waals surface area contributed by atoms with Crippen molar-refractivity contribution in [3.05, 3.63) is 71.1 Å². The summed E-state index contributed by atoms with van der Waals surface area (Å²) in [5, 5.41) is 5.87. The molecule has 356 valence electrons. The molecule has 8 aliphatic rings. The van der Waals surface area contributed by atoms with Crippen molar-refractivity contribution in [1.29, 1.82) is 0 Å². The van der Waals surface area contributed by atoms with E-state index in [0.29, 0.717) is 19.5 Å². The van der Waals surface area contributed by atoms with Gasteiger partial charge in [0.15, 0.2) is 0 Å². The Hall–Kier alpha value is -5.26. The highest BCUT2D eigenvalue weighted by Crippen LogP contribution is 2.55. The molecule has 4 amide bonds. The number of nitrogens with zero attached hydrogens (tertiary/aromatic N) is 4. The molecular weight excluding hydrogens is 841 g/mol. The summed E-state index contributed by atoms with van der Waals surface area (Å²) in [5.74, 6) is 0.252. The van der Waals surface area contributed by atoms with Crippen LogP contribution < -0.4 is 10.6 Å². The lowest BCUT2D eigenvalue weighted by molar-refractivity contribution is -0.135. The Balaban J connectivity index is 0.836. The van der Waals surface area contributed by atoms with Crippen molar-refractivity contribution in [2.24, 2.45) is 21.8 Å². The summed E-state index contributed by atoms with van der Waals surface area (Å²) in [5.41, 5.74) is 12.8. The van der Waals surface area contributed by atoms with Crippen LogP contribution in [0.15, 0.2) is 58.8 Å². The Labute approximate surface area is 396 Å². The van der Waals surface area contributed by atoms with Gasteiger partial charge in [-0.25, -0.2) is 9.59 Å². The van der Waals surface area contributed by atoms with Crippen LogP contribution in [-0.4, -0.2) is 96.7 Å². The number of rotatable bonds is 11. The van der Waals surface area contributed by atoms with Crippen molar-refractivity contribution >= 4 is 46.6 Å². The second-order valence-electron chi connectivity index (χ2n) is 20.9. The van der Waals surface area contributed by atoms with Gasteiger partial charge in [0.25, 0.3) is 0 Å². The quantitative estimate of drug-likeness (QED) is 0.230. The van der Waals surface area contributed by atoms with Gasteiger partial charge in [-0.2, -0.15) is 0 Å². The first-order chi connectivity index (χ1) is 32.7. The van der Waals surface area contributed by atoms with Crippen LogP contribution in [0.2, 0.25) is 0 Å². The molecule has 67 heavy (non-hydrogen) atoms. The van der Waals surface area contributed by atoms with E-state index >= 15 is 0 Å². The topological polar surface area (TPSA) is 142 Å². The molecule has 12 nitrogen and oxygen atoms in total. The zero-order valence-electron chi connectivity index (χ0n) is 39.8. The molecule has 2 aromatic rings. The molecule has 4 heterocycles. The monoisotopic (exact) mass is 911 g/mol. The summed E-state index contributed by atoms with van der Waals surface area (Å²) >= 11 is 0. The molecule has 12 heteroatoms. The Morgan fingerprint density at radius 2 is 1.07 bits per heavy atom. The van der Waals surface area contributed by atoms with Gasteiger partial charge in [0.2, 0.25) is 11.8 Å². The number of carbonyl (C=O) groups excluding carboxylic acids is 4. The van der Waals surface area contributed by atoms with E-state index in [1.165, 1.54) is 98.1 Å². The summed E-state index contributed by atoms with van der Waals surface area (Å²) in [6, 6.07) is 12.5. The van der Waals surface area contributed by atoms with Crippen molar-refractivity contribution in [1.82, 2.24) is 20.4 Å². The average Bonchev–Trinajstić information content (AvgIpc) is 4.25. The number of hydrogen-bond acceptors (Lipinski definition) is 8. The molecule has 4 atom stereocenters. The Bertz CT molecular complexity index is 2350. The van der Waals surface area contributed by atoms with E-state index in [1.54, 1.807) is 0 Å². The number of methoxy groups -OCH3 is 2. The van der Waals surface area contributed by atoms with Crippen LogP contribution >= 0.6 is 0 Å². The average molecular weight is 911 g/mol. The van der Waals surface area contributed by atoms with Crippen molar-refractivity contribution in [3.8, 4) is 11.1 Å². The number of likely N-dealkylation sites (tertiary alicyclic amines) is 2. The number of aliphatic imine (C=N–C) groups is 2. The number of ether oxygens (including phenoxy) is 2. The fraction of sp³-hybridized carbons (Fsp3) is 0.600. The lowest BCUT2D eigenvalue weighted by Gasteiger charge is -2.34. The molecule has 1 spiro atoms. The number of benzene rings is 2. The number of hydrogen-bond donors (Lipinski definition) is 2. The normalized spacial score (nSPS) is 24.7. The minimum atomic E-state index is -0.571. The van der Waals surface area contributed by atoms with E-state index in [4.69, 9.17) is 19.5 Å². The van der Waals surface area contributed by atoms with Crippen LogP contribution in [-0.2, 0) is 30.9 Å². The summed E-state index contributed by atoms with van der Waals surface area (Å²) in [4.78, 5) is 67.5. The first kappa shape index (κ1) is 45.5. The van der Waals surface area contributed by atoms with Gasteiger partial charge in [0.1, 0.15) is 12.1 Å². The van der Waals surface area contributed by atoms with Gasteiger partial charge in [-0.15, -0.1) is 0 Å². The van der Waals surface area contributed by atoms with Crippen LogP contribution in [0.4, 0.5) is 9.59 Å². The number of amides is 4. The Morgan fingerprint density at radius 3 is 1.61 bits per heavy atom. The van der Waals surface area contributed by atoms with Crippen molar-refractivity contribution in [3.63, 3.8) is 0 Å². The summed E-state index contributed by atoms with van der Waals surface area (Å²) in [7, 11) is 2.72. The van der Waals surface area contributed by atoms with Crippen LogP contribution in [0.3, 0.4) is 0 Å². The lowest BCUT2D eigenvalue weighted by atomic mass is 9.76. The molecule has 2 aromatic carbocycles. The minimum absolute atomic E-state index is 0.00221. The number of nitrogens with one attached hydrogen (secondary N) is 2. The standard InChI is InChI=1S/C55H70N6O6/c1-66-53(64)58-49(37-13-5-3-6-14-37)51(62)60-29-11-17-46(60)44-31-39(33-56-44)35-19-21-36(22-20-35)42-24-23-41(43-25-28-55(48(42)43)26-9-10-27-55)40-32-45(57-34-40)47-18-12-30-61(47)52(63)50(59-54(65)67-2)38-15-7-4-8-16-38/h19-24,33-34,37-38,46-47,49-50H,3-18,25-32H2,1-2H3,(H,58,64)(H,59,65)/t46-,47+,49+,50+/m1/s1. The zero-order chi connectivity index (χ0) is 46.1. The number of allylic oxidation sites excluding steroid dienone is 2. The van der Waals surface area contributed by atoms with Gasteiger partial charge in [-0.1, -0.05) is 87.8 Å². The predicted molar refractivity (Wildman–Crippen MR) is 262 cm³/mol. The highest BCUT2D eigenvalue weighted by Gasteiger charge is 2.46. The summed E-state index contributed by atoms with van der Waals surface area (Å²) in [6.45, 7) is 1.35. The van der Waals surface area contributed by atoms with E-state index in [9.17, 15) is 19.2 Å².